The summed E-state index contributed by atoms with van der Waals surface area (Å²) in [5.41, 5.74) is 20.4. The van der Waals surface area contributed by atoms with E-state index in [-0.39, 0.29) is 27.1 Å². The molecule has 5 aromatic carbocycles. The standard InChI is InChI=1S/C56H61N/c1-51(2)25-27-53(5,6)49-40(51)18-13-21-44(49)57(45-22-14-19-41-50(45)54(7,8)28-26-52(41,3)4)43-20-12-17-39-48(43)38-24-23-36(35-15-10-9-11-16-35)31-42(38)56(39)46-30-34-29-37-32-47(56)55(37,46)33-34/h9-24,31,34,37,46-47H,25-30,32-33H2,1-8H3. The summed E-state index contributed by atoms with van der Waals surface area (Å²) in [4.78, 5) is 2.83. The third kappa shape index (κ3) is 4.18. The lowest BCUT2D eigenvalue weighted by Gasteiger charge is -2.76. The first-order valence-corrected chi connectivity index (χ1v) is 22.6. The molecule has 5 aromatic rings. The van der Waals surface area contributed by atoms with E-state index in [9.17, 15) is 0 Å². The lowest BCUT2D eigenvalue weighted by atomic mass is 9.27. The molecular formula is C56H61N. The van der Waals surface area contributed by atoms with E-state index >= 15 is 0 Å². The Morgan fingerprint density at radius 1 is 0.474 bits per heavy atom. The molecule has 0 radical (unpaired) electrons. The van der Waals surface area contributed by atoms with Gasteiger partial charge in [0.1, 0.15) is 0 Å². The molecule has 6 unspecified atom stereocenters. The minimum absolute atomic E-state index is 0.0510. The van der Waals surface area contributed by atoms with E-state index in [1.54, 1.807) is 22.3 Å². The van der Waals surface area contributed by atoms with Crippen LogP contribution in [0.25, 0.3) is 22.3 Å². The molecule has 0 N–H and O–H groups in total. The highest BCUT2D eigenvalue weighted by Gasteiger charge is 2.84. The third-order valence-corrected chi connectivity index (χ3v) is 18.2. The van der Waals surface area contributed by atoms with Gasteiger partial charge in [0.25, 0.3) is 0 Å². The molecule has 6 atom stereocenters. The molecule has 7 aliphatic carbocycles. The first-order valence-electron chi connectivity index (χ1n) is 22.6. The highest BCUT2D eigenvalue weighted by molar-refractivity contribution is 5.98. The summed E-state index contributed by atoms with van der Waals surface area (Å²) >= 11 is 0. The fourth-order valence-electron chi connectivity index (χ4n) is 15.6. The topological polar surface area (TPSA) is 3.24 Å². The normalized spacial score (nSPS) is 31.6. The van der Waals surface area contributed by atoms with E-state index < -0.39 is 0 Å². The molecular weight excluding hydrogens is 687 g/mol. The van der Waals surface area contributed by atoms with E-state index in [1.165, 1.54) is 102 Å². The fourth-order valence-corrected chi connectivity index (χ4v) is 15.6. The van der Waals surface area contributed by atoms with Gasteiger partial charge in [-0.1, -0.05) is 134 Å². The molecule has 2 bridgehead atoms. The van der Waals surface area contributed by atoms with Gasteiger partial charge >= 0.3 is 0 Å². The van der Waals surface area contributed by atoms with Gasteiger partial charge in [-0.25, -0.2) is 0 Å². The molecule has 2 spiro atoms. The average molecular weight is 748 g/mol. The van der Waals surface area contributed by atoms with Crippen LogP contribution < -0.4 is 4.90 Å². The molecule has 0 aromatic heterocycles. The van der Waals surface area contributed by atoms with Crippen LogP contribution in [-0.2, 0) is 27.1 Å². The number of anilines is 3. The van der Waals surface area contributed by atoms with Gasteiger partial charge in [0, 0.05) is 11.0 Å². The van der Waals surface area contributed by atoms with E-state index in [4.69, 9.17) is 0 Å². The smallest absolute Gasteiger partial charge is 0.0543 e. The molecule has 1 heteroatoms. The Morgan fingerprint density at radius 3 is 1.65 bits per heavy atom. The van der Waals surface area contributed by atoms with Gasteiger partial charge in [0.2, 0.25) is 0 Å². The van der Waals surface area contributed by atoms with Crippen molar-refractivity contribution in [2.24, 2.45) is 29.1 Å². The Labute approximate surface area is 342 Å². The van der Waals surface area contributed by atoms with Crippen LogP contribution in [0.3, 0.4) is 0 Å². The number of hydrogen-bond acceptors (Lipinski definition) is 1. The third-order valence-electron chi connectivity index (χ3n) is 18.2. The maximum absolute atomic E-state index is 2.83. The molecule has 0 heterocycles. The van der Waals surface area contributed by atoms with Gasteiger partial charge in [-0.05, 0) is 176 Å². The lowest BCUT2D eigenvalue weighted by Crippen LogP contribution is -2.73. The highest BCUT2D eigenvalue weighted by Crippen LogP contribution is 2.90. The largest absolute Gasteiger partial charge is 0.309 e. The van der Waals surface area contributed by atoms with Crippen molar-refractivity contribution in [3.05, 3.63) is 137 Å². The Balaban J connectivity index is 1.18. The summed E-state index contributed by atoms with van der Waals surface area (Å²) in [6.07, 6.45) is 10.6. The zero-order chi connectivity index (χ0) is 39.1. The summed E-state index contributed by atoms with van der Waals surface area (Å²) in [5, 5.41) is 0. The Kier molecular flexibility index (Phi) is 6.69. The second kappa shape index (κ2) is 10.9. The molecule has 4 fully saturated rings. The van der Waals surface area contributed by atoms with Crippen molar-refractivity contribution in [3.8, 4) is 22.3 Å². The lowest BCUT2D eigenvalue weighted by molar-refractivity contribution is -0.231. The fraction of sp³-hybridized carbons (Fsp3) is 0.464. The average Bonchev–Trinajstić information content (AvgIpc) is 3.83. The molecule has 290 valence electrons. The summed E-state index contributed by atoms with van der Waals surface area (Å²) in [6, 6.07) is 41.2. The van der Waals surface area contributed by atoms with Crippen LogP contribution in [0.4, 0.5) is 17.1 Å². The Hall–Kier alpha value is -4.10. The van der Waals surface area contributed by atoms with Crippen molar-refractivity contribution in [1.29, 1.82) is 0 Å². The molecule has 0 amide bonds. The van der Waals surface area contributed by atoms with Gasteiger partial charge in [-0.3, -0.25) is 0 Å². The van der Waals surface area contributed by atoms with Crippen LogP contribution in [0.5, 0.6) is 0 Å². The quantitative estimate of drug-likeness (QED) is 0.177. The van der Waals surface area contributed by atoms with Crippen molar-refractivity contribution >= 4 is 17.1 Å². The second-order valence-electron chi connectivity index (χ2n) is 22.7. The van der Waals surface area contributed by atoms with Crippen LogP contribution in [0.1, 0.15) is 140 Å². The van der Waals surface area contributed by atoms with Crippen LogP contribution >= 0.6 is 0 Å². The zero-order valence-corrected chi connectivity index (χ0v) is 35.7. The monoisotopic (exact) mass is 747 g/mol. The second-order valence-corrected chi connectivity index (χ2v) is 22.7. The predicted molar refractivity (Wildman–Crippen MR) is 238 cm³/mol. The number of fused-ring (bicyclic) bond motifs is 10. The van der Waals surface area contributed by atoms with Crippen LogP contribution in [0.2, 0.25) is 0 Å². The molecule has 1 nitrogen and oxygen atoms in total. The van der Waals surface area contributed by atoms with Gasteiger partial charge in [0.15, 0.2) is 0 Å². The molecule has 57 heavy (non-hydrogen) atoms. The molecule has 12 rings (SSSR count). The Bertz CT molecular complexity index is 2450. The van der Waals surface area contributed by atoms with Gasteiger partial charge in [-0.15, -0.1) is 0 Å². The minimum atomic E-state index is 0.0510. The number of benzene rings is 5. The van der Waals surface area contributed by atoms with Crippen molar-refractivity contribution < 1.29 is 0 Å². The van der Waals surface area contributed by atoms with Crippen molar-refractivity contribution in [3.63, 3.8) is 0 Å². The first kappa shape index (κ1) is 34.9. The van der Waals surface area contributed by atoms with Gasteiger partial charge in [0.05, 0.1) is 17.1 Å². The predicted octanol–water partition coefficient (Wildman–Crippen LogP) is 14.9. The van der Waals surface area contributed by atoms with Crippen molar-refractivity contribution in [1.82, 2.24) is 0 Å². The maximum Gasteiger partial charge on any atom is 0.0543 e. The van der Waals surface area contributed by atoms with Crippen LogP contribution in [-0.4, -0.2) is 0 Å². The maximum atomic E-state index is 2.83. The van der Waals surface area contributed by atoms with Gasteiger partial charge in [-0.2, -0.15) is 0 Å². The van der Waals surface area contributed by atoms with Crippen molar-refractivity contribution in [2.75, 3.05) is 4.90 Å². The minimum Gasteiger partial charge on any atom is -0.309 e. The van der Waals surface area contributed by atoms with Crippen molar-refractivity contribution in [2.45, 2.75) is 134 Å². The van der Waals surface area contributed by atoms with E-state index in [0.29, 0.717) is 5.41 Å². The van der Waals surface area contributed by atoms with E-state index in [1.807, 2.05) is 0 Å². The van der Waals surface area contributed by atoms with E-state index in [0.717, 1.165) is 23.7 Å². The SMILES string of the molecule is CC1(C)CCC(C)(C)c2c(N(c3cccc4c3-c3ccc(-c5ccccc5)cc3C43C4CC5CC6CC3C64C5)c3cccc4c3C(C)(C)CCC4(C)C)cccc21. The van der Waals surface area contributed by atoms with Gasteiger partial charge < -0.3 is 4.90 Å². The first-order chi connectivity index (χ1) is 27.2. The molecule has 0 aliphatic heterocycles. The summed E-state index contributed by atoms with van der Waals surface area (Å²) in [6.45, 7) is 20.1. The number of nitrogens with zero attached hydrogens (tertiary/aromatic N) is 1. The molecule has 0 saturated heterocycles. The summed E-state index contributed by atoms with van der Waals surface area (Å²) < 4.78 is 0. The molecule has 4 saturated carbocycles. The highest BCUT2D eigenvalue weighted by atomic mass is 15.2. The number of hydrogen-bond donors (Lipinski definition) is 0. The van der Waals surface area contributed by atoms with E-state index in [2.05, 4.69) is 163 Å². The van der Waals surface area contributed by atoms with Crippen LogP contribution in [0, 0.1) is 29.1 Å². The van der Waals surface area contributed by atoms with Crippen LogP contribution in [0.15, 0.2) is 103 Å². The Morgan fingerprint density at radius 2 is 1.04 bits per heavy atom. The number of rotatable bonds is 4. The molecule has 7 aliphatic rings. The summed E-state index contributed by atoms with van der Waals surface area (Å²) in [5.74, 6) is 3.41. The summed E-state index contributed by atoms with van der Waals surface area (Å²) in [7, 11) is 0. The zero-order valence-electron chi connectivity index (χ0n) is 35.7.